The number of piperazine rings is 1. The molecule has 2 saturated heterocycles. The van der Waals surface area contributed by atoms with Crippen molar-refractivity contribution in [2.45, 2.75) is 32.2 Å². The molecule has 4 rings (SSSR count). The standard InChI is InChI=1S/C25H31Cl2N5O2/c1-18-4-3-12-30(18)13-11-23(33)28-19-7-9-20(10-8-19)31-14-16-32(17-15-31)25(34)29-24-21(26)5-2-6-22(24)27/h2,5-10,18H,3-4,11-17H2,1H3,(H,28,33)(H,29,34). The smallest absolute Gasteiger partial charge is 0.322 e. The van der Waals surface area contributed by atoms with Crippen molar-refractivity contribution in [3.63, 3.8) is 0 Å². The summed E-state index contributed by atoms with van der Waals surface area (Å²) < 4.78 is 0. The number of urea groups is 1. The lowest BCUT2D eigenvalue weighted by molar-refractivity contribution is -0.116. The van der Waals surface area contributed by atoms with Gasteiger partial charge in [0.25, 0.3) is 0 Å². The second-order valence-electron chi connectivity index (χ2n) is 8.87. The van der Waals surface area contributed by atoms with Crippen LogP contribution in [-0.4, -0.2) is 67.0 Å². The fourth-order valence-electron chi connectivity index (χ4n) is 4.52. The number of para-hydroxylation sites is 1. The van der Waals surface area contributed by atoms with Crippen LogP contribution in [0, 0.1) is 0 Å². The lowest BCUT2D eigenvalue weighted by Crippen LogP contribution is -2.50. The molecule has 1 atom stereocenters. The van der Waals surface area contributed by atoms with E-state index < -0.39 is 0 Å². The molecule has 2 aromatic rings. The molecule has 3 amide bonds. The van der Waals surface area contributed by atoms with Crippen molar-refractivity contribution in [3.05, 3.63) is 52.5 Å². The van der Waals surface area contributed by atoms with E-state index in [1.54, 1.807) is 23.1 Å². The number of amides is 3. The van der Waals surface area contributed by atoms with Crippen molar-refractivity contribution < 1.29 is 9.59 Å². The fraction of sp³-hybridized carbons (Fsp3) is 0.440. The van der Waals surface area contributed by atoms with Crippen molar-refractivity contribution in [3.8, 4) is 0 Å². The molecule has 1 unspecified atom stereocenters. The van der Waals surface area contributed by atoms with Gasteiger partial charge in [-0.05, 0) is 62.7 Å². The predicted octanol–water partition coefficient (Wildman–Crippen LogP) is 5.16. The molecule has 182 valence electrons. The normalized spacial score (nSPS) is 18.7. The van der Waals surface area contributed by atoms with E-state index in [2.05, 4.69) is 27.4 Å². The first-order chi connectivity index (χ1) is 16.4. The zero-order valence-electron chi connectivity index (χ0n) is 19.4. The second kappa shape index (κ2) is 11.3. The largest absolute Gasteiger partial charge is 0.368 e. The van der Waals surface area contributed by atoms with E-state index in [1.807, 2.05) is 24.3 Å². The van der Waals surface area contributed by atoms with Gasteiger partial charge in [0, 0.05) is 56.6 Å². The minimum absolute atomic E-state index is 0.0464. The summed E-state index contributed by atoms with van der Waals surface area (Å²) in [5.41, 5.74) is 2.31. The zero-order chi connectivity index (χ0) is 24.1. The van der Waals surface area contributed by atoms with Crippen LogP contribution in [-0.2, 0) is 4.79 Å². The van der Waals surface area contributed by atoms with Gasteiger partial charge in [-0.3, -0.25) is 4.79 Å². The maximum absolute atomic E-state index is 12.7. The van der Waals surface area contributed by atoms with Gasteiger partial charge < -0.3 is 25.3 Å². The third-order valence-electron chi connectivity index (χ3n) is 6.59. The van der Waals surface area contributed by atoms with Crippen LogP contribution in [0.1, 0.15) is 26.2 Å². The zero-order valence-corrected chi connectivity index (χ0v) is 20.9. The molecule has 0 bridgehead atoms. The highest BCUT2D eigenvalue weighted by Crippen LogP contribution is 2.30. The topological polar surface area (TPSA) is 67.9 Å². The molecule has 0 aromatic heterocycles. The van der Waals surface area contributed by atoms with Crippen LogP contribution in [0.4, 0.5) is 21.9 Å². The third-order valence-corrected chi connectivity index (χ3v) is 7.22. The number of nitrogens with one attached hydrogen (secondary N) is 2. The predicted molar refractivity (Wildman–Crippen MR) is 139 cm³/mol. The number of halogens is 2. The molecule has 2 N–H and O–H groups in total. The Hall–Kier alpha value is -2.48. The Labute approximate surface area is 211 Å². The molecule has 0 saturated carbocycles. The molecule has 2 fully saturated rings. The van der Waals surface area contributed by atoms with Crippen LogP contribution < -0.4 is 15.5 Å². The molecular formula is C25H31Cl2N5O2. The number of nitrogens with zero attached hydrogens (tertiary/aromatic N) is 3. The monoisotopic (exact) mass is 503 g/mol. The molecular weight excluding hydrogens is 473 g/mol. The highest BCUT2D eigenvalue weighted by atomic mass is 35.5. The van der Waals surface area contributed by atoms with Crippen molar-refractivity contribution in [2.75, 3.05) is 54.8 Å². The lowest BCUT2D eigenvalue weighted by Gasteiger charge is -2.36. The molecule has 9 heteroatoms. The van der Waals surface area contributed by atoms with Crippen molar-refractivity contribution in [1.29, 1.82) is 0 Å². The fourth-order valence-corrected chi connectivity index (χ4v) is 5.01. The molecule has 0 radical (unpaired) electrons. The maximum atomic E-state index is 12.7. The van der Waals surface area contributed by atoms with E-state index in [4.69, 9.17) is 23.2 Å². The average molecular weight is 504 g/mol. The Bertz CT molecular complexity index is 989. The maximum Gasteiger partial charge on any atom is 0.322 e. The second-order valence-corrected chi connectivity index (χ2v) is 9.69. The number of carbonyl (C=O) groups is 2. The minimum atomic E-state index is -0.212. The molecule has 2 aliphatic heterocycles. The van der Waals surface area contributed by atoms with Gasteiger partial charge in [0.15, 0.2) is 0 Å². The SMILES string of the molecule is CC1CCCN1CCC(=O)Nc1ccc(N2CCN(C(=O)Nc3c(Cl)cccc3Cl)CC2)cc1. The Morgan fingerprint density at radius 3 is 2.24 bits per heavy atom. The molecule has 2 heterocycles. The van der Waals surface area contributed by atoms with Crippen LogP contribution in [0.15, 0.2) is 42.5 Å². The van der Waals surface area contributed by atoms with E-state index in [0.717, 1.165) is 24.5 Å². The highest BCUT2D eigenvalue weighted by molar-refractivity contribution is 6.39. The van der Waals surface area contributed by atoms with Crippen molar-refractivity contribution >= 4 is 52.2 Å². The molecule has 0 spiro atoms. The Morgan fingerprint density at radius 1 is 0.941 bits per heavy atom. The van der Waals surface area contributed by atoms with Gasteiger partial charge in [-0.15, -0.1) is 0 Å². The van der Waals surface area contributed by atoms with Crippen LogP contribution >= 0.6 is 23.2 Å². The molecule has 2 aliphatic rings. The van der Waals surface area contributed by atoms with E-state index >= 15 is 0 Å². The minimum Gasteiger partial charge on any atom is -0.368 e. The highest BCUT2D eigenvalue weighted by Gasteiger charge is 2.23. The summed E-state index contributed by atoms with van der Waals surface area (Å²) in [6.07, 6.45) is 2.95. The van der Waals surface area contributed by atoms with Gasteiger partial charge in [0.1, 0.15) is 0 Å². The number of hydrogen-bond acceptors (Lipinski definition) is 4. The summed E-state index contributed by atoms with van der Waals surface area (Å²) in [6, 6.07) is 13.4. The molecule has 34 heavy (non-hydrogen) atoms. The Kier molecular flexibility index (Phi) is 8.19. The van der Waals surface area contributed by atoms with E-state index in [-0.39, 0.29) is 11.9 Å². The Morgan fingerprint density at radius 2 is 1.62 bits per heavy atom. The lowest BCUT2D eigenvalue weighted by atomic mass is 10.2. The summed E-state index contributed by atoms with van der Waals surface area (Å²) in [5.74, 6) is 0.0464. The van der Waals surface area contributed by atoms with Gasteiger partial charge in [-0.1, -0.05) is 29.3 Å². The molecule has 2 aromatic carbocycles. The third kappa shape index (κ3) is 6.14. The summed E-state index contributed by atoms with van der Waals surface area (Å²) in [4.78, 5) is 31.3. The van der Waals surface area contributed by atoms with E-state index in [9.17, 15) is 9.59 Å². The van der Waals surface area contributed by atoms with Crippen LogP contribution in [0.25, 0.3) is 0 Å². The van der Waals surface area contributed by atoms with Crippen LogP contribution in [0.5, 0.6) is 0 Å². The average Bonchev–Trinajstić information content (AvgIpc) is 3.25. The summed E-state index contributed by atoms with van der Waals surface area (Å²) in [5, 5.41) is 6.65. The number of benzene rings is 2. The number of rotatable bonds is 6. The summed E-state index contributed by atoms with van der Waals surface area (Å²) >= 11 is 12.3. The molecule has 0 aliphatic carbocycles. The van der Waals surface area contributed by atoms with Crippen LogP contribution in [0.3, 0.4) is 0 Å². The van der Waals surface area contributed by atoms with Crippen molar-refractivity contribution in [2.24, 2.45) is 0 Å². The van der Waals surface area contributed by atoms with Crippen LogP contribution in [0.2, 0.25) is 10.0 Å². The van der Waals surface area contributed by atoms with Gasteiger partial charge in [0.2, 0.25) is 5.91 Å². The molecule has 7 nitrogen and oxygen atoms in total. The number of carbonyl (C=O) groups excluding carboxylic acids is 2. The van der Waals surface area contributed by atoms with E-state index in [1.165, 1.54) is 12.8 Å². The first kappa shape index (κ1) is 24.6. The number of hydrogen-bond donors (Lipinski definition) is 2. The number of likely N-dealkylation sites (tertiary alicyclic amines) is 1. The van der Waals surface area contributed by atoms with Gasteiger partial charge in [-0.2, -0.15) is 0 Å². The first-order valence-corrected chi connectivity index (χ1v) is 12.5. The summed E-state index contributed by atoms with van der Waals surface area (Å²) in [6.45, 7) is 6.72. The van der Waals surface area contributed by atoms with Gasteiger partial charge in [0.05, 0.1) is 15.7 Å². The van der Waals surface area contributed by atoms with Gasteiger partial charge in [-0.25, -0.2) is 4.79 Å². The van der Waals surface area contributed by atoms with E-state index in [0.29, 0.717) is 54.4 Å². The quantitative estimate of drug-likeness (QED) is 0.571. The Balaban J connectivity index is 1.23. The number of anilines is 3. The van der Waals surface area contributed by atoms with Gasteiger partial charge >= 0.3 is 6.03 Å². The first-order valence-electron chi connectivity index (χ1n) is 11.8. The summed E-state index contributed by atoms with van der Waals surface area (Å²) in [7, 11) is 0. The van der Waals surface area contributed by atoms with Crippen molar-refractivity contribution in [1.82, 2.24) is 9.80 Å².